The fourth-order valence-corrected chi connectivity index (χ4v) is 2.71. The molecule has 0 saturated carbocycles. The van der Waals surface area contributed by atoms with Crippen LogP contribution in [-0.2, 0) is 6.54 Å². The van der Waals surface area contributed by atoms with Crippen LogP contribution in [0.1, 0.15) is 30.5 Å². The molecule has 112 valence electrons. The van der Waals surface area contributed by atoms with Crippen LogP contribution in [0, 0.1) is 6.92 Å². The molecule has 6 nitrogen and oxygen atoms in total. The Balaban J connectivity index is 1.74. The van der Waals surface area contributed by atoms with Crippen molar-refractivity contribution >= 4 is 11.6 Å². The normalized spacial score (nSPS) is 15.2. The van der Waals surface area contributed by atoms with Gasteiger partial charge < -0.3 is 9.80 Å². The molecule has 1 saturated heterocycles. The highest BCUT2D eigenvalue weighted by Crippen LogP contribution is 2.21. The first-order chi connectivity index (χ1) is 10.2. The van der Waals surface area contributed by atoms with Gasteiger partial charge in [-0.25, -0.2) is 9.97 Å². The first-order valence-electron chi connectivity index (χ1n) is 7.51. The van der Waals surface area contributed by atoms with Crippen molar-refractivity contribution in [2.24, 2.45) is 0 Å². The molecule has 2 aromatic heterocycles. The average molecular weight is 286 g/mol. The van der Waals surface area contributed by atoms with Crippen molar-refractivity contribution in [2.75, 3.05) is 29.9 Å². The highest BCUT2D eigenvalue weighted by molar-refractivity contribution is 5.50. The molecule has 21 heavy (non-hydrogen) atoms. The molecule has 0 radical (unpaired) electrons. The average Bonchev–Trinajstić information content (AvgIpc) is 2.93. The van der Waals surface area contributed by atoms with Gasteiger partial charge in [0.15, 0.2) is 0 Å². The molecule has 1 aliphatic heterocycles. The van der Waals surface area contributed by atoms with E-state index < -0.39 is 0 Å². The number of nitrogens with one attached hydrogen (secondary N) is 1. The molecule has 0 bridgehead atoms. The van der Waals surface area contributed by atoms with E-state index in [9.17, 15) is 0 Å². The van der Waals surface area contributed by atoms with Gasteiger partial charge in [-0.15, -0.1) is 0 Å². The number of H-pyrrole nitrogens is 1. The summed E-state index contributed by atoms with van der Waals surface area (Å²) in [5, 5.41) is 7.04. The monoisotopic (exact) mass is 286 g/mol. The maximum Gasteiger partial charge on any atom is 0.134 e. The molecule has 3 heterocycles. The van der Waals surface area contributed by atoms with Gasteiger partial charge in [0, 0.05) is 44.0 Å². The number of aryl methyl sites for hydroxylation is 1. The minimum absolute atomic E-state index is 0.790. The summed E-state index contributed by atoms with van der Waals surface area (Å²) in [7, 11) is 2.05. The van der Waals surface area contributed by atoms with E-state index in [1.54, 1.807) is 6.33 Å². The number of anilines is 2. The summed E-state index contributed by atoms with van der Waals surface area (Å²) < 4.78 is 0. The topological polar surface area (TPSA) is 60.9 Å². The van der Waals surface area contributed by atoms with E-state index in [1.807, 2.05) is 13.1 Å². The van der Waals surface area contributed by atoms with E-state index in [-0.39, 0.29) is 0 Å². The molecule has 0 amide bonds. The molecule has 0 unspecified atom stereocenters. The fraction of sp³-hybridized carbons (Fsp3) is 0.533. The maximum absolute atomic E-state index is 4.43. The highest BCUT2D eigenvalue weighted by Gasteiger charge is 2.14. The lowest BCUT2D eigenvalue weighted by Gasteiger charge is -2.28. The lowest BCUT2D eigenvalue weighted by atomic mass is 10.1. The van der Waals surface area contributed by atoms with E-state index in [1.165, 1.54) is 24.8 Å². The van der Waals surface area contributed by atoms with Crippen molar-refractivity contribution < 1.29 is 0 Å². The van der Waals surface area contributed by atoms with Gasteiger partial charge >= 0.3 is 0 Å². The third kappa shape index (κ3) is 3.15. The first-order valence-corrected chi connectivity index (χ1v) is 7.51. The molecule has 0 aliphatic carbocycles. The highest BCUT2D eigenvalue weighted by atomic mass is 15.2. The van der Waals surface area contributed by atoms with Gasteiger partial charge in [-0.05, 0) is 26.2 Å². The predicted octanol–water partition coefficient (Wildman–Crippen LogP) is 2.13. The molecule has 0 aromatic carbocycles. The van der Waals surface area contributed by atoms with Crippen molar-refractivity contribution in [2.45, 2.75) is 32.7 Å². The van der Waals surface area contributed by atoms with Crippen molar-refractivity contribution in [1.29, 1.82) is 0 Å². The molecular weight excluding hydrogens is 264 g/mol. The molecule has 0 spiro atoms. The quantitative estimate of drug-likeness (QED) is 0.933. The summed E-state index contributed by atoms with van der Waals surface area (Å²) in [5.41, 5.74) is 2.29. The van der Waals surface area contributed by atoms with Crippen LogP contribution in [0.15, 0.2) is 18.6 Å². The zero-order chi connectivity index (χ0) is 14.7. The van der Waals surface area contributed by atoms with Gasteiger partial charge in [0.1, 0.15) is 18.0 Å². The van der Waals surface area contributed by atoms with E-state index in [4.69, 9.17) is 0 Å². The molecule has 1 fully saturated rings. The maximum atomic E-state index is 4.43. The van der Waals surface area contributed by atoms with Crippen LogP contribution < -0.4 is 9.80 Å². The number of hydrogen-bond acceptors (Lipinski definition) is 5. The van der Waals surface area contributed by atoms with E-state index in [0.29, 0.717) is 0 Å². The number of aromatic amines is 1. The van der Waals surface area contributed by atoms with Crippen molar-refractivity contribution in [3.05, 3.63) is 29.8 Å². The smallest absolute Gasteiger partial charge is 0.134 e. The zero-order valence-corrected chi connectivity index (χ0v) is 12.7. The van der Waals surface area contributed by atoms with Crippen LogP contribution >= 0.6 is 0 Å². The van der Waals surface area contributed by atoms with Crippen molar-refractivity contribution in [3.63, 3.8) is 0 Å². The summed E-state index contributed by atoms with van der Waals surface area (Å²) in [5.74, 6) is 1.99. The Morgan fingerprint density at radius 2 is 2.05 bits per heavy atom. The number of rotatable bonds is 4. The third-order valence-corrected chi connectivity index (χ3v) is 4.05. The van der Waals surface area contributed by atoms with E-state index >= 15 is 0 Å². The van der Waals surface area contributed by atoms with Crippen molar-refractivity contribution in [3.8, 4) is 0 Å². The van der Waals surface area contributed by atoms with Gasteiger partial charge in [-0.1, -0.05) is 0 Å². The summed E-state index contributed by atoms with van der Waals surface area (Å²) >= 11 is 0. The Morgan fingerprint density at radius 3 is 2.76 bits per heavy atom. The fourth-order valence-electron chi connectivity index (χ4n) is 2.71. The second-order valence-corrected chi connectivity index (χ2v) is 5.66. The lowest BCUT2D eigenvalue weighted by Crippen LogP contribution is -2.30. The minimum atomic E-state index is 0.790. The zero-order valence-electron chi connectivity index (χ0n) is 12.7. The summed E-state index contributed by atoms with van der Waals surface area (Å²) in [6, 6.07) is 2.08. The molecular formula is C15H22N6. The molecule has 6 heteroatoms. The van der Waals surface area contributed by atoms with Crippen LogP contribution in [0.5, 0.6) is 0 Å². The van der Waals surface area contributed by atoms with Gasteiger partial charge in [0.2, 0.25) is 0 Å². The molecule has 1 N–H and O–H groups in total. The predicted molar refractivity (Wildman–Crippen MR) is 83.5 cm³/mol. The Kier molecular flexibility index (Phi) is 4.03. The Morgan fingerprint density at radius 1 is 1.24 bits per heavy atom. The molecule has 3 rings (SSSR count). The summed E-state index contributed by atoms with van der Waals surface area (Å²) in [6.07, 6.45) is 7.37. The van der Waals surface area contributed by atoms with Crippen LogP contribution in [0.25, 0.3) is 0 Å². The third-order valence-electron chi connectivity index (χ3n) is 4.05. The Labute approximate surface area is 125 Å². The number of nitrogens with zero attached hydrogens (tertiary/aromatic N) is 5. The van der Waals surface area contributed by atoms with Gasteiger partial charge in [-0.2, -0.15) is 5.10 Å². The standard InChI is InChI=1S/C15H22N6/c1-12-13(9-18-19-12)10-20(2)14-8-15(17-11-16-14)21-6-4-3-5-7-21/h8-9,11H,3-7,10H2,1-2H3,(H,18,19). The van der Waals surface area contributed by atoms with Crippen molar-refractivity contribution in [1.82, 2.24) is 20.2 Å². The molecule has 0 atom stereocenters. The summed E-state index contributed by atoms with van der Waals surface area (Å²) in [4.78, 5) is 13.3. The van der Waals surface area contributed by atoms with Gasteiger partial charge in [0.05, 0.1) is 6.20 Å². The second-order valence-electron chi connectivity index (χ2n) is 5.66. The van der Waals surface area contributed by atoms with E-state index in [2.05, 4.69) is 43.1 Å². The van der Waals surface area contributed by atoms with Crippen LogP contribution in [0.2, 0.25) is 0 Å². The number of piperidine rings is 1. The Bertz CT molecular complexity index is 587. The van der Waals surface area contributed by atoms with Gasteiger partial charge in [0.25, 0.3) is 0 Å². The summed E-state index contributed by atoms with van der Waals surface area (Å²) in [6.45, 7) is 5.02. The molecule has 2 aromatic rings. The number of aromatic nitrogens is 4. The van der Waals surface area contributed by atoms with Gasteiger partial charge in [-0.3, -0.25) is 5.10 Å². The van der Waals surface area contributed by atoms with Crippen LogP contribution in [0.4, 0.5) is 11.6 Å². The lowest BCUT2D eigenvalue weighted by molar-refractivity contribution is 0.573. The van der Waals surface area contributed by atoms with E-state index in [0.717, 1.165) is 37.0 Å². The SMILES string of the molecule is Cc1[nH]ncc1CN(C)c1cc(N2CCCCC2)ncn1. The largest absolute Gasteiger partial charge is 0.356 e. The van der Waals surface area contributed by atoms with Crippen LogP contribution in [0.3, 0.4) is 0 Å². The number of hydrogen-bond donors (Lipinski definition) is 1. The second kappa shape index (κ2) is 6.11. The molecule has 1 aliphatic rings. The van der Waals surface area contributed by atoms with Crippen LogP contribution in [-0.4, -0.2) is 40.3 Å². The Hall–Kier alpha value is -2.11. The minimum Gasteiger partial charge on any atom is -0.356 e. The first kappa shape index (κ1) is 13.9.